The molecule has 0 aliphatic carbocycles. The quantitative estimate of drug-likeness (QED) is 0.496. The van der Waals surface area contributed by atoms with Crippen LogP contribution >= 0.6 is 0 Å². The van der Waals surface area contributed by atoms with E-state index >= 15 is 0 Å². The van der Waals surface area contributed by atoms with Crippen LogP contribution in [0, 0.1) is 0 Å². The molecular weight excluding hydrogens is 166 g/mol. The summed E-state index contributed by atoms with van der Waals surface area (Å²) < 4.78 is 35.4. The second-order valence-electron chi connectivity index (χ2n) is 1.18. The third-order valence-corrected chi connectivity index (χ3v) is 0.634. The molecule has 3 N–H and O–H groups in total. The highest BCUT2D eigenvalue weighted by Crippen LogP contribution is 1.93. The van der Waals surface area contributed by atoms with Gasteiger partial charge in [-0.1, -0.05) is 18.2 Å². The molecule has 1 aromatic carbocycles. The number of quaternary nitrogens is 1. The van der Waals surface area contributed by atoms with Gasteiger partial charge in [-0.25, -0.2) is 0 Å². The van der Waals surface area contributed by atoms with E-state index < -0.39 is 5.71 Å². The van der Waals surface area contributed by atoms with Crippen LogP contribution in [0.4, 0.5) is 5.69 Å². The van der Waals surface area contributed by atoms with Crippen molar-refractivity contribution in [2.24, 2.45) is 0 Å². The fraction of sp³-hybridized carbons (Fsp3) is 0. The van der Waals surface area contributed by atoms with E-state index in [2.05, 4.69) is 0 Å². The van der Waals surface area contributed by atoms with Gasteiger partial charge in [-0.2, -0.15) is 0 Å². The van der Waals surface area contributed by atoms with E-state index in [1.54, 1.807) is 0 Å². The molecule has 8 heavy (non-hydrogen) atoms. The normalized spacial score (nSPS) is 18.2. The minimum absolute atomic E-state index is 0. The van der Waals surface area contributed by atoms with Gasteiger partial charge < -0.3 is 22.7 Å². The van der Waals surface area contributed by atoms with Gasteiger partial charge in [0.05, 0.1) is 2.74 Å². The number of rotatable bonds is 1. The minimum atomic E-state index is -1.66. The van der Waals surface area contributed by atoms with Crippen molar-refractivity contribution < 1.29 is 29.7 Å². The molecule has 0 unspecified atom stereocenters. The zero-order chi connectivity index (χ0) is 9.35. The van der Waals surface area contributed by atoms with E-state index in [4.69, 9.17) is 6.98 Å². The van der Waals surface area contributed by atoms with Crippen molar-refractivity contribution in [3.8, 4) is 0 Å². The zero-order valence-corrected chi connectivity index (χ0v) is 5.64. The van der Waals surface area contributed by atoms with Gasteiger partial charge in [0.25, 0.3) is 0 Å². The molecule has 0 fully saturated rings. The fourth-order valence-electron chi connectivity index (χ4n) is 0.345. The Kier molecular flexibility index (Phi) is 1.14. The summed E-state index contributed by atoms with van der Waals surface area (Å²) in [5, 5.41) is 0. The van der Waals surface area contributed by atoms with Crippen LogP contribution in [0.25, 0.3) is 0 Å². The molecular formula is C6H8BrN. The van der Waals surface area contributed by atoms with Crippen molar-refractivity contribution in [3.05, 3.63) is 30.3 Å². The Hall–Kier alpha value is -0.340. The maximum absolute atomic E-state index is 7.29. The summed E-state index contributed by atoms with van der Waals surface area (Å²) in [6, 6.07) is 3.87. The molecule has 0 saturated heterocycles. The van der Waals surface area contributed by atoms with Crippen molar-refractivity contribution in [2.45, 2.75) is 0 Å². The summed E-state index contributed by atoms with van der Waals surface area (Å²) in [4.78, 5) is 0. The Morgan fingerprint density at radius 2 is 2.50 bits per heavy atom. The molecule has 0 saturated carbocycles. The van der Waals surface area contributed by atoms with Gasteiger partial charge >= 0.3 is 4.24 Å². The SMILES string of the molecule is [2H]c1cccc([N+]([2H])([2H])[2H])c1[2H].[Br-]. The van der Waals surface area contributed by atoms with Gasteiger partial charge in [0.1, 0.15) is 5.69 Å². The summed E-state index contributed by atoms with van der Waals surface area (Å²) in [5.41, 5.74) is -1.78. The standard InChI is InChI=1S/C6H7N.BrH/c7-6-4-2-1-3-5-6;/h1-5H,7H2;1H/i2D,4D;/hD3. The molecule has 0 amide bonds. The monoisotopic (exact) mass is 178 g/mol. The second-order valence-corrected chi connectivity index (χ2v) is 1.18. The van der Waals surface area contributed by atoms with Crippen LogP contribution in [0.3, 0.4) is 0 Å². The summed E-state index contributed by atoms with van der Waals surface area (Å²) in [5.74, 6) is 0. The predicted molar refractivity (Wildman–Crippen MR) is 29.0 cm³/mol. The summed E-state index contributed by atoms with van der Waals surface area (Å²) >= 11 is 0. The Morgan fingerprint density at radius 1 is 1.62 bits per heavy atom. The number of hydrogen-bond acceptors (Lipinski definition) is 0. The Morgan fingerprint density at radius 3 is 3.12 bits per heavy atom. The smallest absolute Gasteiger partial charge is 0.350 e. The van der Waals surface area contributed by atoms with Gasteiger partial charge in [-0.15, -0.1) is 0 Å². The van der Waals surface area contributed by atoms with Gasteiger partial charge in [0.15, 0.2) is 0 Å². The number of halogens is 1. The van der Waals surface area contributed by atoms with E-state index in [0.29, 0.717) is 0 Å². The van der Waals surface area contributed by atoms with Crippen molar-refractivity contribution in [3.63, 3.8) is 0 Å². The lowest BCUT2D eigenvalue weighted by Gasteiger charge is -1.78. The van der Waals surface area contributed by atoms with Gasteiger partial charge in [0, 0.05) is 0 Å². The summed E-state index contributed by atoms with van der Waals surface area (Å²) in [7, 11) is 0. The maximum Gasteiger partial charge on any atom is 0.350 e. The molecule has 0 atom stereocenters. The minimum Gasteiger partial charge on any atom is -1.00 e. The van der Waals surface area contributed by atoms with Crippen molar-refractivity contribution in [1.29, 1.82) is 0 Å². The molecule has 2 heteroatoms. The van der Waals surface area contributed by atoms with Crippen LogP contribution in [-0.4, -0.2) is 0 Å². The molecule has 1 rings (SSSR count). The number of benzene rings is 1. The highest BCUT2D eigenvalue weighted by Gasteiger charge is 1.77. The predicted octanol–water partition coefficient (Wildman–Crippen LogP) is -2.44. The van der Waals surface area contributed by atoms with E-state index in [0.717, 1.165) is 0 Å². The largest absolute Gasteiger partial charge is 1.00 e. The third-order valence-electron chi connectivity index (χ3n) is 0.634. The lowest BCUT2D eigenvalue weighted by molar-refractivity contribution is -0.254. The second kappa shape index (κ2) is 3.64. The average molecular weight is 179 g/mol. The fourth-order valence-corrected chi connectivity index (χ4v) is 0.345. The molecule has 0 aromatic heterocycles. The summed E-state index contributed by atoms with van der Waals surface area (Å²) in [6.45, 7) is 0. The molecule has 0 spiro atoms. The molecule has 0 heterocycles. The van der Waals surface area contributed by atoms with Gasteiger partial charge in [-0.05, 0) is 12.1 Å². The highest BCUT2D eigenvalue weighted by atomic mass is 79.9. The molecule has 0 aliphatic heterocycles. The van der Waals surface area contributed by atoms with Crippen LogP contribution in [-0.2, 0) is 0 Å². The molecule has 1 aromatic rings. The molecule has 1 nitrogen and oxygen atoms in total. The van der Waals surface area contributed by atoms with Crippen LogP contribution in [0.5, 0.6) is 0 Å². The van der Waals surface area contributed by atoms with Gasteiger partial charge in [0.2, 0.25) is 0 Å². The van der Waals surface area contributed by atoms with Crippen molar-refractivity contribution in [2.75, 3.05) is 0 Å². The Balaban J connectivity index is 0.00000144. The van der Waals surface area contributed by atoms with Crippen molar-refractivity contribution >= 4 is 5.69 Å². The Labute approximate surface area is 66.5 Å². The molecule has 0 radical (unpaired) electrons. The van der Waals surface area contributed by atoms with Crippen molar-refractivity contribution in [1.82, 2.24) is 0 Å². The third kappa shape index (κ3) is 2.09. The summed E-state index contributed by atoms with van der Waals surface area (Å²) in [6.07, 6.45) is 0. The number of hydrogen-bond donors (Lipinski definition) is 1. The zero-order valence-electron chi connectivity index (χ0n) is 9.06. The first-order valence-electron chi connectivity index (χ1n) is 4.31. The first-order chi connectivity index (χ1) is 5.43. The van der Waals surface area contributed by atoms with Gasteiger partial charge in [-0.3, -0.25) is 0 Å². The average Bonchev–Trinajstić information content (AvgIpc) is 1.92. The van der Waals surface area contributed by atoms with E-state index in [1.807, 2.05) is 0 Å². The van der Waals surface area contributed by atoms with E-state index in [9.17, 15) is 0 Å². The van der Waals surface area contributed by atoms with Crippen LogP contribution in [0.2, 0.25) is 4.24 Å². The molecule has 0 aliphatic rings. The maximum atomic E-state index is 7.29. The highest BCUT2D eigenvalue weighted by molar-refractivity contribution is 5.25. The lowest BCUT2D eigenvalue weighted by atomic mass is 10.3. The van der Waals surface area contributed by atoms with Crippen LogP contribution in [0.1, 0.15) is 2.74 Å². The topological polar surface area (TPSA) is 27.6 Å². The first-order valence-corrected chi connectivity index (χ1v) is 1.97. The Bertz CT molecular complexity index is 298. The van der Waals surface area contributed by atoms with Crippen LogP contribution in [0.15, 0.2) is 30.3 Å². The molecule has 44 valence electrons. The van der Waals surface area contributed by atoms with E-state index in [-0.39, 0.29) is 34.8 Å². The lowest BCUT2D eigenvalue weighted by Crippen LogP contribution is -3.00. The first kappa shape index (κ1) is 2.50. The molecule has 0 bridgehead atoms. The van der Waals surface area contributed by atoms with E-state index in [1.165, 1.54) is 18.2 Å². The van der Waals surface area contributed by atoms with Crippen LogP contribution < -0.4 is 22.7 Å².